The number of benzene rings is 2. The predicted molar refractivity (Wildman–Crippen MR) is 98.7 cm³/mol. The molecule has 2 rings (SSSR count). The van der Waals surface area contributed by atoms with Crippen molar-refractivity contribution in [3.63, 3.8) is 0 Å². The Labute approximate surface area is 152 Å². The van der Waals surface area contributed by atoms with Crippen molar-refractivity contribution >= 4 is 34.8 Å². The average molecular weight is 368 g/mol. The van der Waals surface area contributed by atoms with Gasteiger partial charge in [0.05, 0.1) is 14.1 Å². The fraction of sp³-hybridized carbons (Fsp3) is 0.278. The first kappa shape index (κ1) is 18.7. The van der Waals surface area contributed by atoms with Gasteiger partial charge in [-0.2, -0.15) is 0 Å². The zero-order valence-corrected chi connectivity index (χ0v) is 15.4. The molecular formula is C18H23Cl2N3O+2. The number of halogens is 2. The monoisotopic (exact) mass is 367 g/mol. The molecule has 0 aliphatic heterocycles. The standard InChI is InChI=1S/C18H21Cl2N3O/c1-23(2)9-8-21-17(13-6-4-3-5-7-13)18(24)22-16-11-14(19)10-15(20)12-16/h3-7,10-12,17,21H,8-9H2,1-2H3,(H,22,24)/p+2/t17-/m1/s1. The van der Waals surface area contributed by atoms with E-state index < -0.39 is 0 Å². The highest BCUT2D eigenvalue weighted by Gasteiger charge is 2.24. The van der Waals surface area contributed by atoms with Crippen LogP contribution in [0.1, 0.15) is 11.6 Å². The summed E-state index contributed by atoms with van der Waals surface area (Å²) in [7, 11) is 4.19. The molecule has 0 aromatic heterocycles. The molecule has 0 bridgehead atoms. The van der Waals surface area contributed by atoms with Crippen molar-refractivity contribution < 1.29 is 15.0 Å². The summed E-state index contributed by atoms with van der Waals surface area (Å²) in [5.41, 5.74) is 1.57. The first-order chi connectivity index (χ1) is 11.5. The molecule has 1 atom stereocenters. The lowest BCUT2D eigenvalue weighted by Crippen LogP contribution is -3.09. The fourth-order valence-electron chi connectivity index (χ4n) is 2.44. The molecule has 2 aromatic carbocycles. The van der Waals surface area contributed by atoms with Crippen molar-refractivity contribution in [3.8, 4) is 0 Å². The third-order valence-corrected chi connectivity index (χ3v) is 4.05. The largest absolute Gasteiger partial charge is 0.335 e. The van der Waals surface area contributed by atoms with Gasteiger partial charge in [-0.15, -0.1) is 0 Å². The highest BCUT2D eigenvalue weighted by Crippen LogP contribution is 2.23. The molecule has 0 aliphatic carbocycles. The molecule has 0 unspecified atom stereocenters. The molecule has 0 fully saturated rings. The van der Waals surface area contributed by atoms with Crippen LogP contribution in [0.3, 0.4) is 0 Å². The van der Waals surface area contributed by atoms with Crippen LogP contribution in [0.15, 0.2) is 48.5 Å². The van der Waals surface area contributed by atoms with Gasteiger partial charge in [0.1, 0.15) is 13.1 Å². The van der Waals surface area contributed by atoms with Crippen LogP contribution in [0.4, 0.5) is 5.69 Å². The van der Waals surface area contributed by atoms with Gasteiger partial charge in [0.25, 0.3) is 5.91 Å². The Hall–Kier alpha value is -1.59. The van der Waals surface area contributed by atoms with E-state index >= 15 is 0 Å². The van der Waals surface area contributed by atoms with Crippen LogP contribution in [0, 0.1) is 0 Å². The average Bonchev–Trinajstić information content (AvgIpc) is 2.51. The Bertz CT molecular complexity index is 657. The smallest absolute Gasteiger partial charge is 0.287 e. The first-order valence-corrected chi connectivity index (χ1v) is 8.65. The van der Waals surface area contributed by atoms with E-state index in [1.54, 1.807) is 18.2 Å². The van der Waals surface area contributed by atoms with Gasteiger partial charge >= 0.3 is 0 Å². The number of hydrogen-bond donors (Lipinski definition) is 3. The minimum atomic E-state index is -0.316. The highest BCUT2D eigenvalue weighted by atomic mass is 35.5. The fourth-order valence-corrected chi connectivity index (χ4v) is 2.97. The molecule has 0 spiro atoms. The summed E-state index contributed by atoms with van der Waals surface area (Å²) in [5.74, 6) is -0.0895. The summed E-state index contributed by atoms with van der Waals surface area (Å²) < 4.78 is 0. The zero-order chi connectivity index (χ0) is 17.5. The summed E-state index contributed by atoms with van der Waals surface area (Å²) in [6.45, 7) is 1.82. The van der Waals surface area contributed by atoms with Gasteiger partial charge in [0.15, 0.2) is 6.04 Å². The maximum absolute atomic E-state index is 12.8. The Morgan fingerprint density at radius 3 is 2.33 bits per heavy atom. The number of anilines is 1. The molecule has 24 heavy (non-hydrogen) atoms. The molecule has 4 N–H and O–H groups in total. The summed E-state index contributed by atoms with van der Waals surface area (Å²) in [6.07, 6.45) is 0. The minimum Gasteiger partial charge on any atom is -0.335 e. The first-order valence-electron chi connectivity index (χ1n) is 7.90. The van der Waals surface area contributed by atoms with Gasteiger partial charge in [-0.3, -0.25) is 4.79 Å². The third kappa shape index (κ3) is 5.80. The second-order valence-electron chi connectivity index (χ2n) is 6.02. The molecule has 0 heterocycles. The van der Waals surface area contributed by atoms with E-state index in [4.69, 9.17) is 23.2 Å². The maximum Gasteiger partial charge on any atom is 0.287 e. The Morgan fingerprint density at radius 1 is 1.12 bits per heavy atom. The molecule has 0 aliphatic rings. The molecule has 0 saturated carbocycles. The lowest BCUT2D eigenvalue weighted by molar-refractivity contribution is -0.876. The number of rotatable bonds is 7. The molecule has 0 radical (unpaired) electrons. The van der Waals surface area contributed by atoms with Crippen molar-refractivity contribution in [2.75, 3.05) is 32.5 Å². The van der Waals surface area contributed by atoms with Crippen LogP contribution in [-0.4, -0.2) is 33.1 Å². The van der Waals surface area contributed by atoms with Gasteiger partial charge in [0, 0.05) is 21.3 Å². The van der Waals surface area contributed by atoms with Gasteiger partial charge in [-0.05, 0) is 18.2 Å². The molecule has 6 heteroatoms. The molecule has 4 nitrogen and oxygen atoms in total. The third-order valence-electron chi connectivity index (χ3n) is 3.62. The van der Waals surface area contributed by atoms with Gasteiger partial charge in [-0.1, -0.05) is 53.5 Å². The van der Waals surface area contributed by atoms with Gasteiger partial charge in [0.2, 0.25) is 0 Å². The van der Waals surface area contributed by atoms with E-state index in [9.17, 15) is 4.79 Å². The van der Waals surface area contributed by atoms with Crippen molar-refractivity contribution in [1.82, 2.24) is 0 Å². The number of likely N-dealkylation sites (N-methyl/N-ethyl adjacent to an activating group) is 1. The van der Waals surface area contributed by atoms with E-state index in [-0.39, 0.29) is 11.9 Å². The number of carbonyl (C=O) groups excluding carboxylic acids is 1. The van der Waals surface area contributed by atoms with E-state index in [1.807, 2.05) is 30.3 Å². The molecule has 0 saturated heterocycles. The molecule has 128 valence electrons. The topological polar surface area (TPSA) is 50.2 Å². The predicted octanol–water partition coefficient (Wildman–Crippen LogP) is 1.38. The lowest BCUT2D eigenvalue weighted by atomic mass is 10.1. The quantitative estimate of drug-likeness (QED) is 0.680. The summed E-state index contributed by atoms with van der Waals surface area (Å²) >= 11 is 12.0. The second kappa shape index (κ2) is 9.04. The van der Waals surface area contributed by atoms with Gasteiger partial charge < -0.3 is 15.5 Å². The number of nitrogens with one attached hydrogen (secondary N) is 2. The molecule has 2 aromatic rings. The Kier molecular flexibility index (Phi) is 7.06. The Balaban J connectivity index is 2.14. The molecular weight excluding hydrogens is 345 g/mol. The highest BCUT2D eigenvalue weighted by molar-refractivity contribution is 6.35. The van der Waals surface area contributed by atoms with E-state index in [0.717, 1.165) is 18.7 Å². The van der Waals surface area contributed by atoms with E-state index in [1.165, 1.54) is 4.90 Å². The minimum absolute atomic E-state index is 0.0895. The van der Waals surface area contributed by atoms with Crippen LogP contribution in [0.25, 0.3) is 0 Å². The number of amides is 1. The zero-order valence-electron chi connectivity index (χ0n) is 13.9. The van der Waals surface area contributed by atoms with Crippen LogP contribution < -0.4 is 15.5 Å². The van der Waals surface area contributed by atoms with E-state index in [0.29, 0.717) is 15.7 Å². The maximum atomic E-state index is 12.8. The summed E-state index contributed by atoms with van der Waals surface area (Å²) in [5, 5.41) is 5.96. The van der Waals surface area contributed by atoms with Crippen LogP contribution in [0.2, 0.25) is 10.0 Å². The van der Waals surface area contributed by atoms with Crippen LogP contribution in [0.5, 0.6) is 0 Å². The summed E-state index contributed by atoms with van der Waals surface area (Å²) in [4.78, 5) is 14.1. The number of nitrogens with two attached hydrogens (primary N) is 1. The summed E-state index contributed by atoms with van der Waals surface area (Å²) in [6, 6.07) is 14.5. The van der Waals surface area contributed by atoms with Gasteiger partial charge in [-0.25, -0.2) is 0 Å². The SMILES string of the molecule is C[NH+](C)CC[NH2+][C@@H](C(=O)Nc1cc(Cl)cc(Cl)c1)c1ccccc1. The Morgan fingerprint density at radius 2 is 1.75 bits per heavy atom. The van der Waals surface area contributed by atoms with Crippen LogP contribution >= 0.6 is 23.2 Å². The van der Waals surface area contributed by atoms with Crippen molar-refractivity contribution in [2.24, 2.45) is 0 Å². The van der Waals surface area contributed by atoms with Crippen LogP contribution in [-0.2, 0) is 4.79 Å². The number of hydrogen-bond acceptors (Lipinski definition) is 1. The van der Waals surface area contributed by atoms with Crippen molar-refractivity contribution in [1.29, 1.82) is 0 Å². The number of quaternary nitrogens is 2. The van der Waals surface area contributed by atoms with Crippen molar-refractivity contribution in [2.45, 2.75) is 6.04 Å². The normalized spacial score (nSPS) is 12.2. The van der Waals surface area contributed by atoms with E-state index in [2.05, 4.69) is 24.7 Å². The van der Waals surface area contributed by atoms with Crippen molar-refractivity contribution in [3.05, 3.63) is 64.1 Å². The number of carbonyl (C=O) groups is 1. The second-order valence-corrected chi connectivity index (χ2v) is 6.89. The lowest BCUT2D eigenvalue weighted by Gasteiger charge is -2.17. The molecule has 1 amide bonds.